The molecule has 4 nitrogen and oxygen atoms in total. The fourth-order valence-electron chi connectivity index (χ4n) is 3.47. The molecule has 126 valence electrons. The molecule has 1 amide bonds. The van der Waals surface area contributed by atoms with E-state index in [-0.39, 0.29) is 0 Å². The van der Waals surface area contributed by atoms with Gasteiger partial charge in [0.05, 0.1) is 7.11 Å². The van der Waals surface area contributed by atoms with Crippen molar-refractivity contribution in [3.63, 3.8) is 0 Å². The highest BCUT2D eigenvalue weighted by atomic mass is 16.5. The fraction of sp³-hybridized carbons (Fsp3) is 0.632. The largest absolute Gasteiger partial charge is 0.496 e. The van der Waals surface area contributed by atoms with Crippen molar-refractivity contribution < 1.29 is 9.53 Å². The highest BCUT2D eigenvalue weighted by Crippen LogP contribution is 2.31. The topological polar surface area (TPSA) is 41.6 Å². The molecule has 1 aliphatic heterocycles. The van der Waals surface area contributed by atoms with Crippen molar-refractivity contribution in [2.24, 2.45) is 5.92 Å². The average Bonchev–Trinajstić information content (AvgIpc) is 3.43. The SMILES string of the molecule is COc1ccccc1CN(C(=O)CCC1CCNCC1)C1CC1. The van der Waals surface area contributed by atoms with Gasteiger partial charge < -0.3 is 15.0 Å². The molecule has 0 unspecified atom stereocenters. The first-order valence-electron chi connectivity index (χ1n) is 8.90. The van der Waals surface area contributed by atoms with Gasteiger partial charge in [0.2, 0.25) is 5.91 Å². The van der Waals surface area contributed by atoms with Gasteiger partial charge in [0, 0.05) is 24.6 Å². The van der Waals surface area contributed by atoms with Gasteiger partial charge >= 0.3 is 0 Å². The Bertz CT molecular complexity index is 522. The maximum atomic E-state index is 12.7. The number of ether oxygens (including phenoxy) is 1. The van der Waals surface area contributed by atoms with Crippen LogP contribution in [0.2, 0.25) is 0 Å². The quantitative estimate of drug-likeness (QED) is 0.841. The predicted molar refractivity (Wildman–Crippen MR) is 91.4 cm³/mol. The first-order valence-corrected chi connectivity index (χ1v) is 8.90. The standard InChI is InChI=1S/C19H28N2O2/c1-23-18-5-3-2-4-16(18)14-21(17-7-8-17)19(22)9-6-15-10-12-20-13-11-15/h2-5,15,17,20H,6-14H2,1H3. The molecule has 0 spiro atoms. The molecule has 0 radical (unpaired) electrons. The number of rotatable bonds is 7. The van der Waals surface area contributed by atoms with Crippen LogP contribution in [0, 0.1) is 5.92 Å². The minimum Gasteiger partial charge on any atom is -0.496 e. The molecule has 1 aliphatic carbocycles. The molecule has 2 fully saturated rings. The molecule has 1 saturated heterocycles. The van der Waals surface area contributed by atoms with Crippen LogP contribution in [0.5, 0.6) is 5.75 Å². The van der Waals surface area contributed by atoms with Crippen molar-refractivity contribution in [1.29, 1.82) is 0 Å². The third-order valence-electron chi connectivity index (χ3n) is 5.07. The first-order chi connectivity index (χ1) is 11.3. The van der Waals surface area contributed by atoms with E-state index in [2.05, 4.69) is 16.3 Å². The summed E-state index contributed by atoms with van der Waals surface area (Å²) in [4.78, 5) is 14.8. The number of piperidine rings is 1. The second kappa shape index (κ2) is 7.82. The molecule has 1 aromatic carbocycles. The molecule has 2 aliphatic rings. The van der Waals surface area contributed by atoms with Gasteiger partial charge in [0.25, 0.3) is 0 Å². The van der Waals surface area contributed by atoms with Gasteiger partial charge in [-0.15, -0.1) is 0 Å². The van der Waals surface area contributed by atoms with Crippen molar-refractivity contribution >= 4 is 5.91 Å². The van der Waals surface area contributed by atoms with Crippen molar-refractivity contribution in [3.8, 4) is 5.75 Å². The van der Waals surface area contributed by atoms with Gasteiger partial charge in [-0.25, -0.2) is 0 Å². The summed E-state index contributed by atoms with van der Waals surface area (Å²) in [5.74, 6) is 1.91. The monoisotopic (exact) mass is 316 g/mol. The van der Waals surface area contributed by atoms with Crippen LogP contribution in [0.3, 0.4) is 0 Å². The third kappa shape index (κ3) is 4.47. The molecule has 3 rings (SSSR count). The summed E-state index contributed by atoms with van der Waals surface area (Å²) in [5, 5.41) is 3.39. The van der Waals surface area contributed by atoms with Crippen LogP contribution in [0.1, 0.15) is 44.1 Å². The van der Waals surface area contributed by atoms with Crippen LogP contribution in [0.15, 0.2) is 24.3 Å². The number of para-hydroxylation sites is 1. The second-order valence-electron chi connectivity index (χ2n) is 6.80. The van der Waals surface area contributed by atoms with Crippen LogP contribution in [-0.4, -0.2) is 37.0 Å². The Hall–Kier alpha value is -1.55. The Balaban J connectivity index is 1.58. The number of hydrogen-bond acceptors (Lipinski definition) is 3. The van der Waals surface area contributed by atoms with Crippen molar-refractivity contribution in [1.82, 2.24) is 10.2 Å². The van der Waals surface area contributed by atoms with Gasteiger partial charge in [0.15, 0.2) is 0 Å². The molecule has 1 aromatic rings. The number of methoxy groups -OCH3 is 1. The van der Waals surface area contributed by atoms with Gasteiger partial charge in [-0.2, -0.15) is 0 Å². The number of carbonyl (C=O) groups excluding carboxylic acids is 1. The molecule has 1 saturated carbocycles. The Morgan fingerprint density at radius 3 is 2.65 bits per heavy atom. The van der Waals surface area contributed by atoms with Crippen LogP contribution < -0.4 is 10.1 Å². The molecule has 23 heavy (non-hydrogen) atoms. The average molecular weight is 316 g/mol. The predicted octanol–water partition coefficient (Wildman–Crippen LogP) is 2.97. The molecule has 1 heterocycles. The van der Waals surface area contributed by atoms with Gasteiger partial charge in [-0.3, -0.25) is 4.79 Å². The van der Waals surface area contributed by atoms with Crippen molar-refractivity contribution in [2.75, 3.05) is 20.2 Å². The van der Waals surface area contributed by atoms with Crippen molar-refractivity contribution in [2.45, 2.75) is 51.1 Å². The maximum absolute atomic E-state index is 12.7. The summed E-state index contributed by atoms with van der Waals surface area (Å²) in [6.07, 6.45) is 6.45. The Kier molecular flexibility index (Phi) is 5.55. The zero-order valence-corrected chi connectivity index (χ0v) is 14.1. The number of benzene rings is 1. The second-order valence-corrected chi connectivity index (χ2v) is 6.80. The maximum Gasteiger partial charge on any atom is 0.223 e. The van der Waals surface area contributed by atoms with Crippen molar-refractivity contribution in [3.05, 3.63) is 29.8 Å². The van der Waals surface area contributed by atoms with E-state index in [9.17, 15) is 4.79 Å². The van der Waals surface area contributed by atoms with Gasteiger partial charge in [-0.05, 0) is 57.2 Å². The lowest BCUT2D eigenvalue weighted by molar-refractivity contribution is -0.132. The molecule has 4 heteroatoms. The lowest BCUT2D eigenvalue weighted by Crippen LogP contribution is -2.34. The number of carbonyl (C=O) groups is 1. The van der Waals surface area contributed by atoms with E-state index in [4.69, 9.17) is 4.74 Å². The van der Waals surface area contributed by atoms with Crippen LogP contribution in [0.4, 0.5) is 0 Å². The molecular weight excluding hydrogens is 288 g/mol. The van der Waals surface area contributed by atoms with E-state index in [0.29, 0.717) is 30.8 Å². The summed E-state index contributed by atoms with van der Waals surface area (Å²) < 4.78 is 5.44. The Morgan fingerprint density at radius 1 is 1.22 bits per heavy atom. The summed E-state index contributed by atoms with van der Waals surface area (Å²) in [6.45, 7) is 2.89. The number of amides is 1. The van der Waals surface area contributed by atoms with Crippen LogP contribution >= 0.6 is 0 Å². The third-order valence-corrected chi connectivity index (χ3v) is 5.07. The van der Waals surface area contributed by atoms with Crippen LogP contribution in [0.25, 0.3) is 0 Å². The summed E-state index contributed by atoms with van der Waals surface area (Å²) in [5.41, 5.74) is 1.11. The van der Waals surface area contributed by atoms with E-state index in [1.54, 1.807) is 7.11 Å². The van der Waals surface area contributed by atoms with Gasteiger partial charge in [0.1, 0.15) is 5.75 Å². The number of nitrogens with one attached hydrogen (secondary N) is 1. The van der Waals surface area contributed by atoms with E-state index < -0.39 is 0 Å². The van der Waals surface area contributed by atoms with Gasteiger partial charge in [-0.1, -0.05) is 18.2 Å². The van der Waals surface area contributed by atoms with Crippen LogP contribution in [-0.2, 0) is 11.3 Å². The smallest absolute Gasteiger partial charge is 0.223 e. The number of hydrogen-bond donors (Lipinski definition) is 1. The molecule has 0 atom stereocenters. The molecule has 0 aromatic heterocycles. The zero-order chi connectivity index (χ0) is 16.1. The minimum atomic E-state index is 0.317. The Labute approximate surface area is 139 Å². The summed E-state index contributed by atoms with van der Waals surface area (Å²) >= 11 is 0. The Morgan fingerprint density at radius 2 is 1.96 bits per heavy atom. The lowest BCUT2D eigenvalue weighted by atomic mass is 9.93. The first kappa shape index (κ1) is 16.3. The highest BCUT2D eigenvalue weighted by Gasteiger charge is 2.33. The molecule has 1 N–H and O–H groups in total. The van der Waals surface area contributed by atoms with E-state index >= 15 is 0 Å². The normalized spacial score (nSPS) is 18.7. The summed E-state index contributed by atoms with van der Waals surface area (Å²) in [7, 11) is 1.69. The summed E-state index contributed by atoms with van der Waals surface area (Å²) in [6, 6.07) is 8.47. The minimum absolute atomic E-state index is 0.317. The zero-order valence-electron chi connectivity index (χ0n) is 14.1. The molecule has 0 bridgehead atoms. The highest BCUT2D eigenvalue weighted by molar-refractivity contribution is 5.77. The lowest BCUT2D eigenvalue weighted by Gasteiger charge is -2.26. The van der Waals surface area contributed by atoms with E-state index in [0.717, 1.165) is 43.7 Å². The van der Waals surface area contributed by atoms with E-state index in [1.807, 2.05) is 18.2 Å². The molecular formula is C19H28N2O2. The fourth-order valence-corrected chi connectivity index (χ4v) is 3.47. The van der Waals surface area contributed by atoms with E-state index in [1.165, 1.54) is 12.8 Å². The number of nitrogens with zero attached hydrogens (tertiary/aromatic N) is 1.